The van der Waals surface area contributed by atoms with Crippen LogP contribution < -0.4 is 14.4 Å². The Bertz CT molecular complexity index is 721. The van der Waals surface area contributed by atoms with Gasteiger partial charge in [0.15, 0.2) is 11.5 Å². The van der Waals surface area contributed by atoms with Gasteiger partial charge in [-0.25, -0.2) is 0 Å². The van der Waals surface area contributed by atoms with Crippen LogP contribution >= 0.6 is 0 Å². The zero-order chi connectivity index (χ0) is 17.5. The molecule has 2 aromatic rings. The van der Waals surface area contributed by atoms with E-state index in [1.807, 2.05) is 36.4 Å². The molecule has 1 aromatic carbocycles. The molecular formula is C18H21N5O2. The lowest BCUT2D eigenvalue weighted by atomic mass is 10.3. The van der Waals surface area contributed by atoms with Gasteiger partial charge in [0.05, 0.1) is 7.11 Å². The standard InChI is InChI=1S/C18H21N5O2/c1-24-16-3-2-4-17(13-16)25-12-11-22-7-9-23(10-8-22)18-6-5-15(14-19)20-21-18/h2-6,13H,7-12H2,1H3. The quantitative estimate of drug-likeness (QED) is 0.790. The van der Waals surface area contributed by atoms with Crippen LogP contribution in [0.15, 0.2) is 36.4 Å². The van der Waals surface area contributed by atoms with Crippen molar-refractivity contribution in [2.24, 2.45) is 0 Å². The second kappa shape index (κ2) is 8.31. The maximum absolute atomic E-state index is 8.78. The van der Waals surface area contributed by atoms with E-state index in [4.69, 9.17) is 14.7 Å². The average molecular weight is 339 g/mol. The SMILES string of the molecule is COc1cccc(OCCN2CCN(c3ccc(C#N)nn3)CC2)c1. The predicted molar refractivity (Wildman–Crippen MR) is 93.9 cm³/mol. The topological polar surface area (TPSA) is 74.5 Å². The monoisotopic (exact) mass is 339 g/mol. The number of rotatable bonds is 6. The average Bonchev–Trinajstić information content (AvgIpc) is 2.69. The van der Waals surface area contributed by atoms with E-state index in [2.05, 4.69) is 20.0 Å². The fraction of sp³-hybridized carbons (Fsp3) is 0.389. The number of hydrogen-bond acceptors (Lipinski definition) is 7. The fourth-order valence-electron chi connectivity index (χ4n) is 2.74. The molecule has 0 N–H and O–H groups in total. The maximum Gasteiger partial charge on any atom is 0.163 e. The largest absolute Gasteiger partial charge is 0.497 e. The van der Waals surface area contributed by atoms with Crippen LogP contribution in [0.1, 0.15) is 5.69 Å². The molecule has 2 heterocycles. The van der Waals surface area contributed by atoms with Crippen molar-refractivity contribution >= 4 is 5.82 Å². The highest BCUT2D eigenvalue weighted by Gasteiger charge is 2.18. The van der Waals surface area contributed by atoms with Gasteiger partial charge in [-0.05, 0) is 24.3 Å². The minimum atomic E-state index is 0.345. The fourth-order valence-corrected chi connectivity index (χ4v) is 2.74. The molecule has 1 aliphatic rings. The van der Waals surface area contributed by atoms with Crippen LogP contribution in [-0.2, 0) is 0 Å². The van der Waals surface area contributed by atoms with Crippen molar-refractivity contribution in [1.82, 2.24) is 15.1 Å². The van der Waals surface area contributed by atoms with Crippen molar-refractivity contribution in [1.29, 1.82) is 5.26 Å². The van der Waals surface area contributed by atoms with Crippen molar-refractivity contribution in [3.05, 3.63) is 42.1 Å². The molecule has 3 rings (SSSR count). The molecule has 1 aromatic heterocycles. The van der Waals surface area contributed by atoms with Crippen molar-refractivity contribution in [2.75, 3.05) is 51.3 Å². The van der Waals surface area contributed by atoms with Gasteiger partial charge < -0.3 is 14.4 Å². The lowest BCUT2D eigenvalue weighted by molar-refractivity contribution is 0.200. The van der Waals surface area contributed by atoms with E-state index >= 15 is 0 Å². The van der Waals surface area contributed by atoms with Crippen molar-refractivity contribution in [3.63, 3.8) is 0 Å². The van der Waals surface area contributed by atoms with Gasteiger partial charge in [-0.1, -0.05) is 6.07 Å². The Labute approximate surface area is 147 Å². The normalized spacial score (nSPS) is 14.8. The van der Waals surface area contributed by atoms with E-state index < -0.39 is 0 Å². The molecule has 0 radical (unpaired) electrons. The molecule has 0 spiro atoms. The van der Waals surface area contributed by atoms with Crippen molar-refractivity contribution in [3.8, 4) is 17.6 Å². The third kappa shape index (κ3) is 4.58. The number of nitrogens with zero attached hydrogens (tertiary/aromatic N) is 5. The lowest BCUT2D eigenvalue weighted by Crippen LogP contribution is -2.47. The van der Waals surface area contributed by atoms with Crippen LogP contribution in [0.4, 0.5) is 5.82 Å². The molecule has 1 saturated heterocycles. The Morgan fingerprint density at radius 1 is 1.08 bits per heavy atom. The highest BCUT2D eigenvalue weighted by Crippen LogP contribution is 2.19. The highest BCUT2D eigenvalue weighted by atomic mass is 16.5. The van der Waals surface area contributed by atoms with Crippen molar-refractivity contribution in [2.45, 2.75) is 0 Å². The number of ether oxygens (including phenoxy) is 2. The minimum absolute atomic E-state index is 0.345. The van der Waals surface area contributed by atoms with Gasteiger partial charge in [-0.15, -0.1) is 10.2 Å². The highest BCUT2D eigenvalue weighted by molar-refractivity contribution is 5.39. The first-order valence-corrected chi connectivity index (χ1v) is 8.26. The summed E-state index contributed by atoms with van der Waals surface area (Å²) in [5.41, 5.74) is 0.345. The number of hydrogen-bond donors (Lipinski definition) is 0. The van der Waals surface area contributed by atoms with E-state index in [-0.39, 0.29) is 0 Å². The molecule has 0 unspecified atom stereocenters. The molecular weight excluding hydrogens is 318 g/mol. The number of benzene rings is 1. The van der Waals surface area contributed by atoms with Gasteiger partial charge in [0, 0.05) is 38.8 Å². The smallest absolute Gasteiger partial charge is 0.163 e. The third-order valence-corrected chi connectivity index (χ3v) is 4.18. The number of nitriles is 1. The molecule has 0 aliphatic carbocycles. The zero-order valence-electron chi connectivity index (χ0n) is 14.3. The van der Waals surface area contributed by atoms with E-state index in [9.17, 15) is 0 Å². The maximum atomic E-state index is 8.78. The second-order valence-electron chi connectivity index (χ2n) is 5.74. The van der Waals surface area contributed by atoms with E-state index in [0.29, 0.717) is 12.3 Å². The molecule has 0 amide bonds. The van der Waals surface area contributed by atoms with Gasteiger partial charge >= 0.3 is 0 Å². The zero-order valence-corrected chi connectivity index (χ0v) is 14.3. The van der Waals surface area contributed by atoms with Gasteiger partial charge in [0.2, 0.25) is 0 Å². The van der Waals surface area contributed by atoms with Gasteiger partial charge in [0.25, 0.3) is 0 Å². The third-order valence-electron chi connectivity index (χ3n) is 4.18. The first-order valence-electron chi connectivity index (χ1n) is 8.26. The number of piperazine rings is 1. The summed E-state index contributed by atoms with van der Waals surface area (Å²) in [6, 6.07) is 13.2. The number of aromatic nitrogens is 2. The summed E-state index contributed by atoms with van der Waals surface area (Å²) >= 11 is 0. The Balaban J connectivity index is 1.42. The molecule has 130 valence electrons. The summed E-state index contributed by atoms with van der Waals surface area (Å²) in [4.78, 5) is 4.56. The van der Waals surface area contributed by atoms with Crippen LogP contribution in [-0.4, -0.2) is 61.5 Å². The van der Waals surface area contributed by atoms with Gasteiger partial charge in [-0.2, -0.15) is 5.26 Å². The number of anilines is 1. The Hall–Kier alpha value is -2.85. The van der Waals surface area contributed by atoms with Crippen LogP contribution in [0.5, 0.6) is 11.5 Å². The molecule has 25 heavy (non-hydrogen) atoms. The first kappa shape index (κ1) is 17.0. The summed E-state index contributed by atoms with van der Waals surface area (Å²) in [6.45, 7) is 5.19. The van der Waals surface area contributed by atoms with Crippen LogP contribution in [0.3, 0.4) is 0 Å². The summed E-state index contributed by atoms with van der Waals surface area (Å²) in [5, 5.41) is 16.8. The molecule has 0 atom stereocenters. The summed E-state index contributed by atoms with van der Waals surface area (Å²) in [6.07, 6.45) is 0. The molecule has 7 nitrogen and oxygen atoms in total. The molecule has 7 heteroatoms. The lowest BCUT2D eigenvalue weighted by Gasteiger charge is -2.35. The van der Waals surface area contributed by atoms with Gasteiger partial charge in [-0.3, -0.25) is 4.90 Å². The number of methoxy groups -OCH3 is 1. The second-order valence-corrected chi connectivity index (χ2v) is 5.74. The molecule has 1 fully saturated rings. The van der Waals surface area contributed by atoms with Crippen molar-refractivity contribution < 1.29 is 9.47 Å². The first-order chi connectivity index (χ1) is 12.3. The Morgan fingerprint density at radius 3 is 2.56 bits per heavy atom. The Kier molecular flexibility index (Phi) is 5.65. The van der Waals surface area contributed by atoms with E-state index in [1.165, 1.54) is 0 Å². The molecule has 1 aliphatic heterocycles. The van der Waals surface area contributed by atoms with E-state index in [0.717, 1.165) is 50.0 Å². The van der Waals surface area contributed by atoms with Crippen LogP contribution in [0, 0.1) is 11.3 Å². The summed E-state index contributed by atoms with van der Waals surface area (Å²) in [7, 11) is 1.65. The molecule has 0 saturated carbocycles. The minimum Gasteiger partial charge on any atom is -0.497 e. The summed E-state index contributed by atoms with van der Waals surface area (Å²) < 4.78 is 11.0. The van der Waals surface area contributed by atoms with Crippen LogP contribution in [0.25, 0.3) is 0 Å². The van der Waals surface area contributed by atoms with E-state index in [1.54, 1.807) is 13.2 Å². The predicted octanol–water partition coefficient (Wildman–Crippen LogP) is 1.56. The molecule has 0 bridgehead atoms. The van der Waals surface area contributed by atoms with Crippen LogP contribution in [0.2, 0.25) is 0 Å². The summed E-state index contributed by atoms with van der Waals surface area (Å²) in [5.74, 6) is 2.45. The van der Waals surface area contributed by atoms with Gasteiger partial charge in [0.1, 0.15) is 24.2 Å². The Morgan fingerprint density at radius 2 is 1.88 bits per heavy atom.